The van der Waals surface area contributed by atoms with Crippen molar-refractivity contribution in [3.8, 4) is 0 Å². The van der Waals surface area contributed by atoms with Gasteiger partial charge in [0.1, 0.15) is 12.1 Å². The zero-order chi connectivity index (χ0) is 20.3. The summed E-state index contributed by atoms with van der Waals surface area (Å²) in [4.78, 5) is 38.1. The van der Waals surface area contributed by atoms with E-state index in [1.165, 1.54) is 4.90 Å². The summed E-state index contributed by atoms with van der Waals surface area (Å²) in [5, 5.41) is 22.1. The van der Waals surface area contributed by atoms with Crippen molar-refractivity contribution in [1.82, 2.24) is 10.2 Å². The molecule has 3 N–H and O–H groups in total. The molecular weight excluding hydrogens is 360 g/mol. The Labute approximate surface area is 164 Å². The van der Waals surface area contributed by atoms with E-state index in [2.05, 4.69) is 5.32 Å². The van der Waals surface area contributed by atoms with Crippen LogP contribution in [0.2, 0.25) is 0 Å². The van der Waals surface area contributed by atoms with E-state index in [9.17, 15) is 24.6 Å². The molecule has 1 saturated carbocycles. The van der Waals surface area contributed by atoms with Crippen molar-refractivity contribution in [3.63, 3.8) is 0 Å². The molecule has 5 atom stereocenters. The average molecular weight is 388 g/mol. The van der Waals surface area contributed by atoms with Crippen molar-refractivity contribution in [2.24, 2.45) is 5.92 Å². The molecule has 0 bridgehead atoms. The fraction of sp³-hybridized carbons (Fsp3) is 0.571. The fourth-order valence-electron chi connectivity index (χ4n) is 4.66. The third-order valence-corrected chi connectivity index (χ3v) is 6.03. The first-order chi connectivity index (χ1) is 13.4. The normalized spacial score (nSPS) is 26.3. The molecule has 1 aliphatic carbocycles. The predicted octanol–water partition coefficient (Wildman–Crippen LogP) is 1.90. The number of hydrogen-bond donors (Lipinski definition) is 3. The largest absolute Gasteiger partial charge is 0.480 e. The molecule has 7 heteroatoms. The van der Waals surface area contributed by atoms with Crippen molar-refractivity contribution in [1.29, 1.82) is 0 Å². The number of carboxylic acid groups (broad SMARTS) is 2. The van der Waals surface area contributed by atoms with Crippen LogP contribution in [-0.2, 0) is 20.8 Å². The summed E-state index contributed by atoms with van der Waals surface area (Å²) in [5.74, 6) is -2.10. The Kier molecular flexibility index (Phi) is 6.34. The lowest BCUT2D eigenvalue weighted by Gasteiger charge is -2.35. The van der Waals surface area contributed by atoms with Gasteiger partial charge in [0.2, 0.25) is 5.91 Å². The number of carbonyl (C=O) groups excluding carboxylic acids is 1. The van der Waals surface area contributed by atoms with E-state index >= 15 is 0 Å². The van der Waals surface area contributed by atoms with Crippen LogP contribution >= 0.6 is 0 Å². The lowest BCUT2D eigenvalue weighted by Crippen LogP contribution is -2.55. The zero-order valence-electron chi connectivity index (χ0n) is 16.1. The number of nitrogens with zero attached hydrogens (tertiary/aromatic N) is 1. The molecule has 1 heterocycles. The maximum absolute atomic E-state index is 13.1. The minimum Gasteiger partial charge on any atom is -0.480 e. The number of carboxylic acids is 2. The van der Waals surface area contributed by atoms with Crippen LogP contribution in [0.15, 0.2) is 30.3 Å². The van der Waals surface area contributed by atoms with Gasteiger partial charge >= 0.3 is 11.9 Å². The van der Waals surface area contributed by atoms with Crippen molar-refractivity contribution >= 4 is 17.8 Å². The molecule has 3 rings (SSSR count). The minimum absolute atomic E-state index is 0.0519. The molecule has 1 saturated heterocycles. The van der Waals surface area contributed by atoms with Gasteiger partial charge in [-0.1, -0.05) is 43.2 Å². The molecule has 152 valence electrons. The molecule has 1 aliphatic heterocycles. The summed E-state index contributed by atoms with van der Waals surface area (Å²) in [6.07, 6.45) is 4.57. The van der Waals surface area contributed by atoms with E-state index < -0.39 is 30.1 Å². The molecule has 2 fully saturated rings. The number of benzene rings is 1. The van der Waals surface area contributed by atoms with Crippen LogP contribution in [0.5, 0.6) is 0 Å². The Balaban J connectivity index is 1.72. The Hall–Kier alpha value is -2.41. The lowest BCUT2D eigenvalue weighted by molar-refractivity contribution is -0.151. The summed E-state index contributed by atoms with van der Waals surface area (Å²) in [6, 6.07) is 6.67. The van der Waals surface area contributed by atoms with Crippen LogP contribution in [0.25, 0.3) is 0 Å². The molecule has 0 radical (unpaired) electrons. The Morgan fingerprint density at radius 2 is 1.82 bits per heavy atom. The topological polar surface area (TPSA) is 107 Å². The van der Waals surface area contributed by atoms with Crippen LogP contribution in [0, 0.1) is 5.92 Å². The number of hydrogen-bond acceptors (Lipinski definition) is 4. The predicted molar refractivity (Wildman–Crippen MR) is 103 cm³/mol. The van der Waals surface area contributed by atoms with Gasteiger partial charge in [-0.15, -0.1) is 0 Å². The molecule has 0 aromatic heterocycles. The van der Waals surface area contributed by atoms with Crippen molar-refractivity contribution in [2.75, 3.05) is 0 Å². The van der Waals surface area contributed by atoms with Gasteiger partial charge in [-0.2, -0.15) is 0 Å². The molecule has 0 spiro atoms. The summed E-state index contributed by atoms with van der Waals surface area (Å²) in [7, 11) is 0. The zero-order valence-corrected chi connectivity index (χ0v) is 16.1. The first kappa shape index (κ1) is 20.3. The highest BCUT2D eigenvalue weighted by Gasteiger charge is 2.48. The first-order valence-electron chi connectivity index (χ1n) is 9.96. The molecule has 1 aromatic carbocycles. The van der Waals surface area contributed by atoms with Crippen molar-refractivity contribution in [3.05, 3.63) is 35.9 Å². The Bertz CT molecular complexity index is 723. The molecule has 1 amide bonds. The van der Waals surface area contributed by atoms with Gasteiger partial charge in [-0.25, -0.2) is 4.79 Å². The molecule has 7 nitrogen and oxygen atoms in total. The standard InChI is InChI=1S/C21H28N2O5/c1-13(22-16(20(25)26)11-14-7-3-2-4-8-14)19(24)23-17-10-6-5-9-15(17)12-18(23)21(27)28/h2-4,7-8,13,15-18,22H,5-6,9-12H2,1H3,(H,25,26)(H,27,28)/t13?,15?,16-,17?,18-/m0/s1. The van der Waals surface area contributed by atoms with E-state index in [0.717, 1.165) is 31.2 Å². The summed E-state index contributed by atoms with van der Waals surface area (Å²) >= 11 is 0. The van der Waals surface area contributed by atoms with E-state index in [0.29, 0.717) is 6.42 Å². The van der Waals surface area contributed by atoms with E-state index in [1.807, 2.05) is 30.3 Å². The second-order valence-corrected chi connectivity index (χ2v) is 7.92. The SMILES string of the molecule is CC(N[C@@H](Cc1ccccc1)C(=O)O)C(=O)N1C2CCCCC2C[C@H]1C(=O)O. The van der Waals surface area contributed by atoms with E-state index in [-0.39, 0.29) is 24.3 Å². The van der Waals surface area contributed by atoms with Crippen LogP contribution in [0.4, 0.5) is 0 Å². The van der Waals surface area contributed by atoms with Gasteiger partial charge in [-0.3, -0.25) is 14.9 Å². The quantitative estimate of drug-likeness (QED) is 0.659. The highest BCUT2D eigenvalue weighted by molar-refractivity contribution is 5.88. The minimum atomic E-state index is -1.03. The van der Waals surface area contributed by atoms with Crippen LogP contribution in [0.1, 0.15) is 44.6 Å². The van der Waals surface area contributed by atoms with Gasteiger partial charge in [0.15, 0.2) is 0 Å². The number of nitrogens with one attached hydrogen (secondary N) is 1. The van der Waals surface area contributed by atoms with E-state index in [1.54, 1.807) is 6.92 Å². The average Bonchev–Trinajstić information content (AvgIpc) is 3.07. The molecular formula is C21H28N2O5. The molecule has 1 aromatic rings. The Morgan fingerprint density at radius 3 is 2.46 bits per heavy atom. The third kappa shape index (κ3) is 4.35. The van der Waals surface area contributed by atoms with Gasteiger partial charge < -0.3 is 15.1 Å². The second-order valence-electron chi connectivity index (χ2n) is 7.92. The summed E-state index contributed by atoms with van der Waals surface area (Å²) < 4.78 is 0. The van der Waals surface area contributed by atoms with Gasteiger partial charge in [0.25, 0.3) is 0 Å². The number of fused-ring (bicyclic) bond motifs is 1. The smallest absolute Gasteiger partial charge is 0.326 e. The maximum Gasteiger partial charge on any atom is 0.326 e. The van der Waals surface area contributed by atoms with Crippen molar-refractivity contribution < 1.29 is 24.6 Å². The highest BCUT2D eigenvalue weighted by Crippen LogP contribution is 2.40. The lowest BCUT2D eigenvalue weighted by atomic mass is 9.84. The van der Waals surface area contributed by atoms with E-state index in [4.69, 9.17) is 0 Å². The molecule has 28 heavy (non-hydrogen) atoms. The summed E-state index contributed by atoms with van der Waals surface area (Å²) in [5.41, 5.74) is 0.860. The highest BCUT2D eigenvalue weighted by atomic mass is 16.4. The van der Waals surface area contributed by atoms with Crippen LogP contribution < -0.4 is 5.32 Å². The third-order valence-electron chi connectivity index (χ3n) is 6.03. The Morgan fingerprint density at radius 1 is 1.14 bits per heavy atom. The number of rotatable bonds is 7. The van der Waals surface area contributed by atoms with Gasteiger partial charge in [-0.05, 0) is 44.1 Å². The summed E-state index contributed by atoms with van der Waals surface area (Å²) in [6.45, 7) is 1.62. The molecule has 3 unspecified atom stereocenters. The van der Waals surface area contributed by atoms with Crippen LogP contribution in [0.3, 0.4) is 0 Å². The number of carbonyl (C=O) groups is 3. The van der Waals surface area contributed by atoms with Crippen LogP contribution in [-0.4, -0.2) is 57.1 Å². The second kappa shape index (κ2) is 8.73. The van der Waals surface area contributed by atoms with Gasteiger partial charge in [0, 0.05) is 6.04 Å². The number of amides is 1. The number of likely N-dealkylation sites (tertiary alicyclic amines) is 1. The first-order valence-corrected chi connectivity index (χ1v) is 9.96. The fourth-order valence-corrected chi connectivity index (χ4v) is 4.66. The number of aliphatic carboxylic acids is 2. The van der Waals surface area contributed by atoms with Gasteiger partial charge in [0.05, 0.1) is 6.04 Å². The monoisotopic (exact) mass is 388 g/mol. The van der Waals surface area contributed by atoms with Crippen molar-refractivity contribution in [2.45, 2.75) is 69.6 Å². The maximum atomic E-state index is 13.1. The molecule has 2 aliphatic rings.